The molecule has 0 amide bonds. The highest BCUT2D eigenvalue weighted by atomic mass is 32.2. The van der Waals surface area contributed by atoms with E-state index in [1.54, 1.807) is 37.3 Å². The molecule has 0 saturated heterocycles. The number of sulfonamides is 1. The fourth-order valence-corrected chi connectivity index (χ4v) is 3.50. The summed E-state index contributed by atoms with van der Waals surface area (Å²) < 4.78 is 32.5. The molecule has 1 aromatic heterocycles. The predicted octanol–water partition coefficient (Wildman–Crippen LogP) is 3.89. The van der Waals surface area contributed by atoms with Gasteiger partial charge in [0.15, 0.2) is 17.3 Å². The summed E-state index contributed by atoms with van der Waals surface area (Å²) >= 11 is 0. The molecular formula is C20H21N5O4S. The SMILES string of the molecule is COc1cc(CN=Nc2cc(C)nc(NS(=O)(=O)c3ccc(C)cc3)n2)ccc1O. The average Bonchev–Trinajstić information content (AvgIpc) is 2.69. The van der Waals surface area contributed by atoms with Crippen molar-refractivity contribution in [1.29, 1.82) is 0 Å². The van der Waals surface area contributed by atoms with Gasteiger partial charge in [-0.3, -0.25) is 0 Å². The number of anilines is 1. The minimum atomic E-state index is -3.82. The van der Waals surface area contributed by atoms with Gasteiger partial charge in [-0.15, -0.1) is 5.11 Å². The van der Waals surface area contributed by atoms with Crippen molar-refractivity contribution in [1.82, 2.24) is 9.97 Å². The van der Waals surface area contributed by atoms with Gasteiger partial charge in [-0.2, -0.15) is 10.1 Å². The summed E-state index contributed by atoms with van der Waals surface area (Å²) in [5.74, 6) is 0.508. The summed E-state index contributed by atoms with van der Waals surface area (Å²) in [6.45, 7) is 3.80. The molecule has 30 heavy (non-hydrogen) atoms. The van der Waals surface area contributed by atoms with Crippen LogP contribution in [-0.2, 0) is 16.6 Å². The second kappa shape index (κ2) is 8.87. The lowest BCUT2D eigenvalue weighted by molar-refractivity contribution is 0.373. The number of azo groups is 1. The first kappa shape index (κ1) is 21.2. The zero-order chi connectivity index (χ0) is 21.7. The summed E-state index contributed by atoms with van der Waals surface area (Å²) in [5, 5.41) is 17.8. The summed E-state index contributed by atoms with van der Waals surface area (Å²) in [7, 11) is -2.36. The van der Waals surface area contributed by atoms with E-state index in [0.29, 0.717) is 11.4 Å². The maximum absolute atomic E-state index is 12.5. The molecule has 0 fully saturated rings. The van der Waals surface area contributed by atoms with E-state index >= 15 is 0 Å². The van der Waals surface area contributed by atoms with Crippen LogP contribution in [0.4, 0.5) is 11.8 Å². The lowest BCUT2D eigenvalue weighted by atomic mass is 10.2. The monoisotopic (exact) mass is 427 g/mol. The van der Waals surface area contributed by atoms with Gasteiger partial charge in [0, 0.05) is 11.8 Å². The number of ether oxygens (including phenoxy) is 1. The number of aryl methyl sites for hydroxylation is 2. The highest BCUT2D eigenvalue weighted by Gasteiger charge is 2.16. The first-order valence-corrected chi connectivity index (χ1v) is 10.4. The Hall–Kier alpha value is -3.53. The molecule has 0 aliphatic rings. The second-order valence-electron chi connectivity index (χ2n) is 6.52. The molecular weight excluding hydrogens is 406 g/mol. The molecule has 0 radical (unpaired) electrons. The Morgan fingerprint density at radius 2 is 1.80 bits per heavy atom. The minimum absolute atomic E-state index is 0.0371. The summed E-state index contributed by atoms with van der Waals surface area (Å²) in [6.07, 6.45) is 0. The van der Waals surface area contributed by atoms with Crippen molar-refractivity contribution in [3.05, 3.63) is 65.4 Å². The molecule has 0 atom stereocenters. The van der Waals surface area contributed by atoms with Crippen LogP contribution in [0.3, 0.4) is 0 Å². The van der Waals surface area contributed by atoms with E-state index in [0.717, 1.165) is 11.1 Å². The number of phenolic OH excluding ortho intramolecular Hbond substituents is 1. The van der Waals surface area contributed by atoms with Crippen molar-refractivity contribution in [3.63, 3.8) is 0 Å². The van der Waals surface area contributed by atoms with E-state index in [1.807, 2.05) is 6.92 Å². The van der Waals surface area contributed by atoms with Crippen LogP contribution < -0.4 is 9.46 Å². The molecule has 0 saturated carbocycles. The van der Waals surface area contributed by atoms with Gasteiger partial charge in [0.05, 0.1) is 18.6 Å². The number of nitrogens with zero attached hydrogens (tertiary/aromatic N) is 4. The Kier molecular flexibility index (Phi) is 6.26. The first-order valence-electron chi connectivity index (χ1n) is 8.95. The third-order valence-corrected chi connectivity index (χ3v) is 5.41. The minimum Gasteiger partial charge on any atom is -0.504 e. The molecule has 0 unspecified atom stereocenters. The van der Waals surface area contributed by atoms with Crippen LogP contribution in [0.25, 0.3) is 0 Å². The molecule has 0 aliphatic carbocycles. The number of phenols is 1. The number of aromatic nitrogens is 2. The van der Waals surface area contributed by atoms with Gasteiger partial charge in [-0.1, -0.05) is 23.8 Å². The van der Waals surface area contributed by atoms with Crippen molar-refractivity contribution in [2.24, 2.45) is 10.2 Å². The highest BCUT2D eigenvalue weighted by molar-refractivity contribution is 7.92. The molecule has 0 spiro atoms. The zero-order valence-corrected chi connectivity index (χ0v) is 17.5. The second-order valence-corrected chi connectivity index (χ2v) is 8.20. The number of aromatic hydroxyl groups is 1. The van der Waals surface area contributed by atoms with E-state index in [-0.39, 0.29) is 29.0 Å². The molecule has 2 aromatic carbocycles. The quantitative estimate of drug-likeness (QED) is 0.551. The standard InChI is InChI=1S/C20H21N5O4S/c1-13-4-7-16(8-5-13)30(27,28)25-20-22-14(2)10-19(23-20)24-21-12-15-6-9-17(26)18(11-15)29-3/h4-11,26H,12H2,1-3H3,(H,22,23,25). The van der Waals surface area contributed by atoms with Gasteiger partial charge in [0.2, 0.25) is 5.95 Å². The fraction of sp³-hybridized carbons (Fsp3) is 0.200. The van der Waals surface area contributed by atoms with Crippen molar-refractivity contribution in [2.45, 2.75) is 25.3 Å². The van der Waals surface area contributed by atoms with Crippen molar-refractivity contribution >= 4 is 21.8 Å². The summed E-state index contributed by atoms with van der Waals surface area (Å²) in [4.78, 5) is 8.34. The predicted molar refractivity (Wildman–Crippen MR) is 112 cm³/mol. The van der Waals surface area contributed by atoms with Gasteiger partial charge in [-0.25, -0.2) is 18.1 Å². The van der Waals surface area contributed by atoms with Crippen LogP contribution in [0.15, 0.2) is 63.7 Å². The van der Waals surface area contributed by atoms with Gasteiger partial charge < -0.3 is 9.84 Å². The lowest BCUT2D eigenvalue weighted by Gasteiger charge is -2.08. The normalized spacial score (nSPS) is 11.6. The number of hydrogen-bond donors (Lipinski definition) is 2. The van der Waals surface area contributed by atoms with E-state index in [1.165, 1.54) is 25.3 Å². The van der Waals surface area contributed by atoms with Crippen molar-refractivity contribution in [2.75, 3.05) is 11.8 Å². The van der Waals surface area contributed by atoms with Crippen molar-refractivity contribution in [3.8, 4) is 11.5 Å². The average molecular weight is 427 g/mol. The Morgan fingerprint density at radius 3 is 2.50 bits per heavy atom. The molecule has 9 nitrogen and oxygen atoms in total. The molecule has 156 valence electrons. The smallest absolute Gasteiger partial charge is 0.264 e. The largest absolute Gasteiger partial charge is 0.504 e. The van der Waals surface area contributed by atoms with Crippen LogP contribution >= 0.6 is 0 Å². The lowest BCUT2D eigenvalue weighted by Crippen LogP contribution is -2.15. The van der Waals surface area contributed by atoms with Crippen LogP contribution in [-0.4, -0.2) is 30.6 Å². The van der Waals surface area contributed by atoms with Gasteiger partial charge >= 0.3 is 0 Å². The zero-order valence-electron chi connectivity index (χ0n) is 16.7. The molecule has 3 aromatic rings. The number of rotatable bonds is 7. The third-order valence-electron chi connectivity index (χ3n) is 4.07. The summed E-state index contributed by atoms with van der Waals surface area (Å²) in [5.41, 5.74) is 2.26. The Balaban J connectivity index is 1.76. The molecule has 1 heterocycles. The maximum atomic E-state index is 12.5. The van der Waals surface area contributed by atoms with E-state index in [9.17, 15) is 13.5 Å². The van der Waals surface area contributed by atoms with Crippen LogP contribution in [0.5, 0.6) is 11.5 Å². The maximum Gasteiger partial charge on any atom is 0.264 e. The molecule has 0 aliphatic heterocycles. The van der Waals surface area contributed by atoms with Gasteiger partial charge in [0.1, 0.15) is 0 Å². The Bertz CT molecular complexity index is 1180. The molecule has 2 N–H and O–H groups in total. The van der Waals surface area contributed by atoms with Gasteiger partial charge in [-0.05, 0) is 43.7 Å². The topological polar surface area (TPSA) is 126 Å². The molecule has 0 bridgehead atoms. The number of hydrogen-bond acceptors (Lipinski definition) is 8. The number of nitrogens with one attached hydrogen (secondary N) is 1. The van der Waals surface area contributed by atoms with E-state index < -0.39 is 10.0 Å². The summed E-state index contributed by atoms with van der Waals surface area (Å²) in [6, 6.07) is 12.9. The van der Waals surface area contributed by atoms with Crippen LogP contribution in [0.1, 0.15) is 16.8 Å². The first-order chi connectivity index (χ1) is 14.3. The van der Waals surface area contributed by atoms with Crippen molar-refractivity contribution < 1.29 is 18.3 Å². The Morgan fingerprint density at radius 1 is 1.07 bits per heavy atom. The van der Waals surface area contributed by atoms with Gasteiger partial charge in [0.25, 0.3) is 10.0 Å². The van der Waals surface area contributed by atoms with E-state index in [4.69, 9.17) is 4.74 Å². The fourth-order valence-electron chi connectivity index (χ4n) is 2.56. The molecule has 3 rings (SSSR count). The number of methoxy groups -OCH3 is 1. The van der Waals surface area contributed by atoms with Crippen LogP contribution in [0, 0.1) is 13.8 Å². The number of benzene rings is 2. The van der Waals surface area contributed by atoms with E-state index in [2.05, 4.69) is 24.9 Å². The molecule has 10 heteroatoms. The van der Waals surface area contributed by atoms with Crippen LogP contribution in [0.2, 0.25) is 0 Å². The highest BCUT2D eigenvalue weighted by Crippen LogP contribution is 2.26. The Labute approximate surface area is 174 Å². The third kappa shape index (κ3) is 5.29.